The number of carbonyl (C=O) groups excluding carboxylic acids is 1. The first-order valence-corrected chi connectivity index (χ1v) is 8.11. The molecule has 5 nitrogen and oxygen atoms in total. The van der Waals surface area contributed by atoms with Crippen LogP contribution in [0.3, 0.4) is 0 Å². The van der Waals surface area contributed by atoms with E-state index in [9.17, 15) is 4.79 Å². The summed E-state index contributed by atoms with van der Waals surface area (Å²) in [6.45, 7) is 11.8. The van der Waals surface area contributed by atoms with Crippen molar-refractivity contribution in [1.82, 2.24) is 16.0 Å². The number of hydrogen-bond acceptors (Lipinski definition) is 2. The summed E-state index contributed by atoms with van der Waals surface area (Å²) in [5.41, 5.74) is 0. The van der Waals surface area contributed by atoms with Crippen LogP contribution in [0.15, 0.2) is 4.99 Å². The van der Waals surface area contributed by atoms with Gasteiger partial charge in [-0.25, -0.2) is 0 Å². The number of nitrogens with one attached hydrogen (secondary N) is 3. The van der Waals surface area contributed by atoms with Crippen LogP contribution in [0.5, 0.6) is 0 Å². The minimum absolute atomic E-state index is 0.0309. The van der Waals surface area contributed by atoms with Crippen molar-refractivity contribution in [3.63, 3.8) is 0 Å². The van der Waals surface area contributed by atoms with Gasteiger partial charge in [0.15, 0.2) is 5.96 Å². The molecule has 3 N–H and O–H groups in total. The van der Waals surface area contributed by atoms with E-state index in [0.717, 1.165) is 18.3 Å². The molecular formula is C16H34N4O. The summed E-state index contributed by atoms with van der Waals surface area (Å²) in [5.74, 6) is 1.68. The van der Waals surface area contributed by atoms with Crippen molar-refractivity contribution in [2.24, 2.45) is 16.8 Å². The van der Waals surface area contributed by atoms with Crippen LogP contribution in [0.2, 0.25) is 0 Å². The Kier molecular flexibility index (Phi) is 10.7. The molecule has 0 bridgehead atoms. The number of aliphatic imine (C=N–C) groups is 1. The van der Waals surface area contributed by atoms with Crippen molar-refractivity contribution in [2.75, 3.05) is 20.1 Å². The second-order valence-corrected chi connectivity index (χ2v) is 6.31. The van der Waals surface area contributed by atoms with Crippen LogP contribution in [-0.4, -0.2) is 38.0 Å². The fourth-order valence-corrected chi connectivity index (χ4v) is 1.90. The molecule has 5 heteroatoms. The highest BCUT2D eigenvalue weighted by Gasteiger charge is 2.07. The van der Waals surface area contributed by atoms with E-state index in [1.54, 1.807) is 7.05 Å². The number of amides is 1. The highest BCUT2D eigenvalue weighted by atomic mass is 16.1. The molecule has 0 aromatic heterocycles. The third kappa shape index (κ3) is 11.1. The fraction of sp³-hybridized carbons (Fsp3) is 0.875. The van der Waals surface area contributed by atoms with Gasteiger partial charge in [-0.3, -0.25) is 9.79 Å². The van der Waals surface area contributed by atoms with Gasteiger partial charge in [0.2, 0.25) is 5.91 Å². The first-order chi connectivity index (χ1) is 9.86. The van der Waals surface area contributed by atoms with Crippen LogP contribution >= 0.6 is 0 Å². The molecule has 1 amide bonds. The minimum atomic E-state index is 0.0309. The Morgan fingerprint density at radius 3 is 2.14 bits per heavy atom. The lowest BCUT2D eigenvalue weighted by atomic mass is 10.0. The molecule has 1 unspecified atom stereocenters. The van der Waals surface area contributed by atoms with Gasteiger partial charge in [-0.2, -0.15) is 0 Å². The fourth-order valence-electron chi connectivity index (χ4n) is 1.90. The van der Waals surface area contributed by atoms with Gasteiger partial charge in [-0.1, -0.05) is 40.5 Å². The van der Waals surface area contributed by atoms with E-state index in [-0.39, 0.29) is 11.8 Å². The maximum Gasteiger partial charge on any atom is 0.222 e. The Labute approximate surface area is 130 Å². The smallest absolute Gasteiger partial charge is 0.222 e. The van der Waals surface area contributed by atoms with Crippen LogP contribution in [0.4, 0.5) is 0 Å². The highest BCUT2D eigenvalue weighted by molar-refractivity contribution is 5.80. The zero-order valence-electron chi connectivity index (χ0n) is 14.6. The average Bonchev–Trinajstić information content (AvgIpc) is 2.41. The van der Waals surface area contributed by atoms with E-state index in [2.05, 4.69) is 41.7 Å². The third-order valence-electron chi connectivity index (χ3n) is 3.27. The van der Waals surface area contributed by atoms with Gasteiger partial charge < -0.3 is 16.0 Å². The summed E-state index contributed by atoms with van der Waals surface area (Å²) < 4.78 is 0. The second-order valence-electron chi connectivity index (χ2n) is 6.31. The van der Waals surface area contributed by atoms with E-state index in [1.165, 1.54) is 12.8 Å². The summed E-state index contributed by atoms with van der Waals surface area (Å²) in [7, 11) is 1.77. The summed E-state index contributed by atoms with van der Waals surface area (Å²) in [4.78, 5) is 15.6. The topological polar surface area (TPSA) is 65.5 Å². The van der Waals surface area contributed by atoms with Gasteiger partial charge in [0.05, 0.1) is 0 Å². The van der Waals surface area contributed by atoms with E-state index in [0.29, 0.717) is 19.1 Å². The lowest BCUT2D eigenvalue weighted by Gasteiger charge is -2.18. The van der Waals surface area contributed by atoms with Gasteiger partial charge in [-0.15, -0.1) is 0 Å². The molecule has 0 saturated heterocycles. The summed E-state index contributed by atoms with van der Waals surface area (Å²) in [6.07, 6.45) is 3.63. The van der Waals surface area contributed by atoms with E-state index in [1.807, 2.05) is 13.8 Å². The molecule has 0 rings (SSSR count). The van der Waals surface area contributed by atoms with Crippen molar-refractivity contribution < 1.29 is 4.79 Å². The summed E-state index contributed by atoms with van der Waals surface area (Å²) >= 11 is 0. The normalized spacial score (nSPS) is 13.4. The number of rotatable bonds is 9. The van der Waals surface area contributed by atoms with Gasteiger partial charge >= 0.3 is 0 Å². The molecule has 0 fully saturated rings. The number of hydrogen-bond donors (Lipinski definition) is 3. The first-order valence-electron chi connectivity index (χ1n) is 8.11. The van der Waals surface area contributed by atoms with Crippen molar-refractivity contribution in [2.45, 2.75) is 59.9 Å². The van der Waals surface area contributed by atoms with Crippen molar-refractivity contribution in [3.05, 3.63) is 0 Å². The largest absolute Gasteiger partial charge is 0.355 e. The molecular weight excluding hydrogens is 264 g/mol. The van der Waals surface area contributed by atoms with Crippen molar-refractivity contribution in [1.29, 1.82) is 0 Å². The van der Waals surface area contributed by atoms with Crippen LogP contribution in [0.1, 0.15) is 53.9 Å². The monoisotopic (exact) mass is 298 g/mol. The lowest BCUT2D eigenvalue weighted by Crippen LogP contribution is -2.45. The molecule has 0 heterocycles. The molecule has 0 aromatic carbocycles. The molecule has 0 aromatic rings. The molecule has 0 radical (unpaired) electrons. The van der Waals surface area contributed by atoms with Crippen molar-refractivity contribution >= 4 is 11.9 Å². The number of carbonyl (C=O) groups is 1. The molecule has 0 aliphatic heterocycles. The van der Waals surface area contributed by atoms with E-state index in [4.69, 9.17) is 0 Å². The van der Waals surface area contributed by atoms with Crippen molar-refractivity contribution in [3.8, 4) is 0 Å². The molecule has 0 spiro atoms. The molecule has 0 saturated carbocycles. The molecule has 0 aliphatic carbocycles. The first kappa shape index (κ1) is 19.7. The van der Waals surface area contributed by atoms with Crippen LogP contribution in [0, 0.1) is 11.8 Å². The van der Waals surface area contributed by atoms with Gasteiger partial charge in [0, 0.05) is 32.1 Å². The Bertz CT molecular complexity index is 313. The standard InChI is InChI=1S/C16H34N4O/c1-12(2)8-7-9-14(5)20-16(17-6)19-11-10-18-15(21)13(3)4/h12-14H,7-11H2,1-6H3,(H,18,21)(H2,17,19,20). The van der Waals surface area contributed by atoms with Crippen LogP contribution in [0.25, 0.3) is 0 Å². The van der Waals surface area contributed by atoms with E-state index >= 15 is 0 Å². The highest BCUT2D eigenvalue weighted by Crippen LogP contribution is 2.07. The minimum Gasteiger partial charge on any atom is -0.355 e. The maximum atomic E-state index is 11.4. The Balaban J connectivity index is 3.83. The Morgan fingerprint density at radius 2 is 1.62 bits per heavy atom. The maximum absolute atomic E-state index is 11.4. The third-order valence-corrected chi connectivity index (χ3v) is 3.27. The average molecular weight is 298 g/mol. The predicted molar refractivity (Wildman–Crippen MR) is 90.5 cm³/mol. The Hall–Kier alpha value is -1.26. The molecule has 1 atom stereocenters. The summed E-state index contributed by atoms with van der Waals surface area (Å²) in [5, 5.41) is 9.47. The van der Waals surface area contributed by atoms with E-state index < -0.39 is 0 Å². The summed E-state index contributed by atoms with van der Waals surface area (Å²) in [6, 6.07) is 0.403. The zero-order chi connectivity index (χ0) is 16.3. The molecule has 21 heavy (non-hydrogen) atoms. The quantitative estimate of drug-likeness (QED) is 0.347. The molecule has 124 valence electrons. The SMILES string of the molecule is CN=C(NCCNC(=O)C(C)C)NC(C)CCCC(C)C. The van der Waals surface area contributed by atoms with Gasteiger partial charge in [0.1, 0.15) is 0 Å². The predicted octanol–water partition coefficient (Wildman–Crippen LogP) is 2.14. The van der Waals surface area contributed by atoms with Crippen LogP contribution < -0.4 is 16.0 Å². The second kappa shape index (κ2) is 11.4. The number of nitrogens with zero attached hydrogens (tertiary/aromatic N) is 1. The molecule has 0 aliphatic rings. The number of guanidine groups is 1. The zero-order valence-corrected chi connectivity index (χ0v) is 14.6. The van der Waals surface area contributed by atoms with Gasteiger partial charge in [0.25, 0.3) is 0 Å². The van der Waals surface area contributed by atoms with Gasteiger partial charge in [-0.05, 0) is 19.3 Å². The Morgan fingerprint density at radius 1 is 1.00 bits per heavy atom. The lowest BCUT2D eigenvalue weighted by molar-refractivity contribution is -0.123. The van der Waals surface area contributed by atoms with Crippen LogP contribution in [-0.2, 0) is 4.79 Å².